The lowest BCUT2D eigenvalue weighted by Gasteiger charge is -2.27. The van der Waals surface area contributed by atoms with Crippen LogP contribution in [0.3, 0.4) is 0 Å². The van der Waals surface area contributed by atoms with Crippen LogP contribution in [0.5, 0.6) is 0 Å². The van der Waals surface area contributed by atoms with Crippen LogP contribution in [0.1, 0.15) is 43.3 Å². The molecular formula is C22H35FIN5O. The van der Waals surface area contributed by atoms with E-state index in [2.05, 4.69) is 36.5 Å². The normalized spacial score (nSPS) is 11.9. The van der Waals surface area contributed by atoms with Crippen LogP contribution >= 0.6 is 24.0 Å². The Morgan fingerprint density at radius 1 is 1.27 bits per heavy atom. The molecule has 0 atom stereocenters. The molecule has 2 aromatic rings. The lowest BCUT2D eigenvalue weighted by molar-refractivity contribution is 0.182. The second-order valence-electron chi connectivity index (χ2n) is 7.81. The zero-order valence-corrected chi connectivity index (χ0v) is 21.2. The van der Waals surface area contributed by atoms with Crippen molar-refractivity contribution in [2.75, 3.05) is 26.8 Å². The SMILES string of the molecule is CCNC(=NCc1c(C)nn(CCOC)c1C)NCC(C)(C)c1cccc(F)c1.I. The summed E-state index contributed by atoms with van der Waals surface area (Å²) in [4.78, 5) is 4.75. The molecule has 0 unspecified atom stereocenters. The number of aromatic nitrogens is 2. The third kappa shape index (κ3) is 7.23. The fourth-order valence-electron chi connectivity index (χ4n) is 3.17. The van der Waals surface area contributed by atoms with Gasteiger partial charge in [-0.1, -0.05) is 26.0 Å². The average Bonchev–Trinajstić information content (AvgIpc) is 2.95. The Morgan fingerprint density at radius 2 is 2.00 bits per heavy atom. The second-order valence-corrected chi connectivity index (χ2v) is 7.81. The Bertz CT molecular complexity index is 835. The maximum Gasteiger partial charge on any atom is 0.191 e. The molecule has 168 valence electrons. The van der Waals surface area contributed by atoms with Crippen LogP contribution in [0.2, 0.25) is 0 Å². The number of hydrogen-bond donors (Lipinski definition) is 2. The second kappa shape index (κ2) is 12.2. The summed E-state index contributed by atoms with van der Waals surface area (Å²) in [5, 5.41) is 11.3. The molecule has 2 rings (SSSR count). The molecule has 0 radical (unpaired) electrons. The van der Waals surface area contributed by atoms with Gasteiger partial charge in [-0.05, 0) is 38.5 Å². The minimum absolute atomic E-state index is 0. The van der Waals surface area contributed by atoms with Gasteiger partial charge in [0, 0.05) is 36.9 Å². The first-order valence-electron chi connectivity index (χ1n) is 10.1. The van der Waals surface area contributed by atoms with Gasteiger partial charge in [-0.2, -0.15) is 5.10 Å². The van der Waals surface area contributed by atoms with Gasteiger partial charge >= 0.3 is 0 Å². The predicted octanol–water partition coefficient (Wildman–Crippen LogP) is 3.94. The molecule has 0 aliphatic heterocycles. The number of halogens is 2. The molecule has 0 bridgehead atoms. The summed E-state index contributed by atoms with van der Waals surface area (Å²) in [5.74, 6) is 0.521. The smallest absolute Gasteiger partial charge is 0.191 e. The number of hydrogen-bond acceptors (Lipinski definition) is 3. The van der Waals surface area contributed by atoms with Crippen molar-refractivity contribution in [2.24, 2.45) is 4.99 Å². The van der Waals surface area contributed by atoms with Gasteiger partial charge < -0.3 is 15.4 Å². The number of methoxy groups -OCH3 is 1. The number of nitrogens with zero attached hydrogens (tertiary/aromatic N) is 3. The van der Waals surface area contributed by atoms with Crippen LogP contribution in [0, 0.1) is 19.7 Å². The van der Waals surface area contributed by atoms with Crippen LogP contribution in [0.4, 0.5) is 4.39 Å². The van der Waals surface area contributed by atoms with E-state index >= 15 is 0 Å². The first-order chi connectivity index (χ1) is 13.8. The molecule has 0 saturated heterocycles. The number of aliphatic imine (C=N–C) groups is 1. The number of rotatable bonds is 9. The van der Waals surface area contributed by atoms with Gasteiger partial charge in [-0.15, -0.1) is 24.0 Å². The summed E-state index contributed by atoms with van der Waals surface area (Å²) in [5.41, 5.74) is 3.93. The minimum atomic E-state index is -0.241. The molecule has 0 spiro atoms. The van der Waals surface area contributed by atoms with Crippen LogP contribution in [0.25, 0.3) is 0 Å². The third-order valence-electron chi connectivity index (χ3n) is 5.08. The Kier molecular flexibility index (Phi) is 10.8. The number of benzene rings is 1. The molecule has 6 nitrogen and oxygen atoms in total. The Balaban J connectivity index is 0.00000450. The first-order valence-corrected chi connectivity index (χ1v) is 10.1. The van der Waals surface area contributed by atoms with Crippen molar-refractivity contribution in [3.8, 4) is 0 Å². The van der Waals surface area contributed by atoms with Gasteiger partial charge in [-0.25, -0.2) is 9.38 Å². The van der Waals surface area contributed by atoms with Gasteiger partial charge in [0.05, 0.1) is 25.4 Å². The molecule has 30 heavy (non-hydrogen) atoms. The van der Waals surface area contributed by atoms with E-state index in [9.17, 15) is 4.39 Å². The van der Waals surface area contributed by atoms with Crippen molar-refractivity contribution < 1.29 is 9.13 Å². The molecule has 1 aromatic heterocycles. The highest BCUT2D eigenvalue weighted by Gasteiger charge is 2.21. The maximum atomic E-state index is 13.6. The number of guanidine groups is 1. The topological polar surface area (TPSA) is 63.5 Å². The van der Waals surface area contributed by atoms with Crippen LogP contribution < -0.4 is 10.6 Å². The van der Waals surface area contributed by atoms with Crippen molar-refractivity contribution in [3.05, 3.63) is 52.6 Å². The van der Waals surface area contributed by atoms with E-state index < -0.39 is 0 Å². The van der Waals surface area contributed by atoms with Gasteiger partial charge in [0.1, 0.15) is 5.82 Å². The summed E-state index contributed by atoms with van der Waals surface area (Å²) in [6.45, 7) is 13.6. The Morgan fingerprint density at radius 3 is 2.63 bits per heavy atom. The molecule has 8 heteroatoms. The predicted molar refractivity (Wildman–Crippen MR) is 131 cm³/mol. The minimum Gasteiger partial charge on any atom is -0.383 e. The van der Waals surface area contributed by atoms with Gasteiger partial charge in [0.2, 0.25) is 0 Å². The molecule has 2 N–H and O–H groups in total. The summed E-state index contributed by atoms with van der Waals surface area (Å²) in [6.07, 6.45) is 0. The monoisotopic (exact) mass is 531 g/mol. The molecule has 1 aromatic carbocycles. The van der Waals surface area contributed by atoms with E-state index in [1.165, 1.54) is 6.07 Å². The molecule has 0 aliphatic rings. The largest absolute Gasteiger partial charge is 0.383 e. The summed E-state index contributed by atoms with van der Waals surface area (Å²) in [7, 11) is 1.69. The highest BCUT2D eigenvalue weighted by Crippen LogP contribution is 2.23. The van der Waals surface area contributed by atoms with E-state index in [0.717, 1.165) is 41.6 Å². The van der Waals surface area contributed by atoms with Crippen molar-refractivity contribution in [3.63, 3.8) is 0 Å². The number of ether oxygens (including phenoxy) is 1. The highest BCUT2D eigenvalue weighted by molar-refractivity contribution is 14.0. The Labute approximate surface area is 196 Å². The molecule has 0 fully saturated rings. The van der Waals surface area contributed by atoms with Crippen molar-refractivity contribution in [2.45, 2.75) is 53.1 Å². The van der Waals surface area contributed by atoms with E-state index in [1.807, 2.05) is 24.6 Å². The van der Waals surface area contributed by atoms with Gasteiger partial charge in [-0.3, -0.25) is 4.68 Å². The van der Waals surface area contributed by atoms with Crippen LogP contribution in [-0.4, -0.2) is 42.5 Å². The van der Waals surface area contributed by atoms with Crippen LogP contribution in [0.15, 0.2) is 29.3 Å². The highest BCUT2D eigenvalue weighted by atomic mass is 127. The molecule has 0 aliphatic carbocycles. The zero-order chi connectivity index (χ0) is 21.4. The van der Waals surface area contributed by atoms with Crippen LogP contribution in [-0.2, 0) is 23.2 Å². The summed E-state index contributed by atoms with van der Waals surface area (Å²) >= 11 is 0. The molecule has 0 saturated carbocycles. The third-order valence-corrected chi connectivity index (χ3v) is 5.08. The summed E-state index contributed by atoms with van der Waals surface area (Å²) in [6, 6.07) is 6.76. The molecule has 1 heterocycles. The first kappa shape index (κ1) is 26.4. The average molecular weight is 531 g/mol. The van der Waals surface area contributed by atoms with Gasteiger partial charge in [0.25, 0.3) is 0 Å². The maximum absolute atomic E-state index is 13.6. The van der Waals surface area contributed by atoms with E-state index in [0.29, 0.717) is 19.7 Å². The van der Waals surface area contributed by atoms with E-state index in [4.69, 9.17) is 9.73 Å². The fourth-order valence-corrected chi connectivity index (χ4v) is 3.17. The number of aryl methyl sites for hydroxylation is 1. The van der Waals surface area contributed by atoms with Crippen molar-refractivity contribution in [1.82, 2.24) is 20.4 Å². The van der Waals surface area contributed by atoms with Crippen molar-refractivity contribution >= 4 is 29.9 Å². The zero-order valence-electron chi connectivity index (χ0n) is 18.9. The summed E-state index contributed by atoms with van der Waals surface area (Å²) < 4.78 is 20.7. The Hall–Kier alpha value is -1.68. The lowest BCUT2D eigenvalue weighted by atomic mass is 9.84. The fraction of sp³-hybridized carbons (Fsp3) is 0.545. The quantitative estimate of drug-likeness (QED) is 0.293. The van der Waals surface area contributed by atoms with Gasteiger partial charge in [0.15, 0.2) is 5.96 Å². The molecular weight excluding hydrogens is 496 g/mol. The lowest BCUT2D eigenvalue weighted by Crippen LogP contribution is -2.43. The van der Waals surface area contributed by atoms with E-state index in [1.54, 1.807) is 19.2 Å². The van der Waals surface area contributed by atoms with E-state index in [-0.39, 0.29) is 35.2 Å². The van der Waals surface area contributed by atoms with Crippen molar-refractivity contribution in [1.29, 1.82) is 0 Å². The standard InChI is InChI=1S/C22H34FN5O.HI/c1-7-24-21(26-15-22(4,5)18-9-8-10-19(23)13-18)25-14-20-16(2)27-28(17(20)3)11-12-29-6;/h8-10,13H,7,11-12,14-15H2,1-6H3,(H2,24,25,26);1H. The number of nitrogens with one attached hydrogen (secondary N) is 2. The molecule has 0 amide bonds.